The molecule has 1 heterocycles. The third kappa shape index (κ3) is 3.54. The van der Waals surface area contributed by atoms with E-state index in [-0.39, 0.29) is 11.7 Å². The number of Topliss-reactive ketones (excluding diaryl/α,β-unsaturated/α-hetero) is 1. The Bertz CT molecular complexity index is 1120. The number of ether oxygens (including phenoxy) is 3. The quantitative estimate of drug-likeness (QED) is 0.587. The van der Waals surface area contributed by atoms with Crippen molar-refractivity contribution in [2.75, 3.05) is 19.5 Å². The number of pyridine rings is 1. The Morgan fingerprint density at radius 3 is 2.23 bits per heavy atom. The number of nitrogens with one attached hydrogen (secondary N) is 1. The van der Waals surface area contributed by atoms with Crippen LogP contribution in [0.3, 0.4) is 0 Å². The predicted octanol–water partition coefficient (Wildman–Crippen LogP) is 4.35. The third-order valence-corrected chi connectivity index (χ3v) is 5.41. The van der Waals surface area contributed by atoms with Gasteiger partial charge in [0.2, 0.25) is 5.91 Å². The van der Waals surface area contributed by atoms with Crippen molar-refractivity contribution in [3.05, 3.63) is 48.7 Å². The molecule has 30 heavy (non-hydrogen) atoms. The molecule has 2 aromatic carbocycles. The number of carbonyl (C=O) groups excluding carboxylic acids is 2. The molecule has 0 bridgehead atoms. The molecule has 1 fully saturated rings. The van der Waals surface area contributed by atoms with Crippen LogP contribution in [0.4, 0.5) is 5.69 Å². The van der Waals surface area contributed by atoms with Crippen LogP contribution in [0.5, 0.6) is 23.0 Å². The van der Waals surface area contributed by atoms with E-state index in [4.69, 9.17) is 14.2 Å². The maximum atomic E-state index is 12.4. The van der Waals surface area contributed by atoms with E-state index in [2.05, 4.69) is 10.3 Å². The van der Waals surface area contributed by atoms with Gasteiger partial charge in [0.1, 0.15) is 22.7 Å². The second-order valence-corrected chi connectivity index (χ2v) is 7.25. The molecule has 0 radical (unpaired) electrons. The fourth-order valence-corrected chi connectivity index (χ4v) is 3.38. The molecule has 1 aliphatic rings. The van der Waals surface area contributed by atoms with Gasteiger partial charge < -0.3 is 19.5 Å². The summed E-state index contributed by atoms with van der Waals surface area (Å²) >= 11 is 0. The summed E-state index contributed by atoms with van der Waals surface area (Å²) in [6.07, 6.45) is 2.88. The van der Waals surface area contributed by atoms with Crippen LogP contribution < -0.4 is 19.5 Å². The Balaban J connectivity index is 1.54. The molecule has 1 aromatic heterocycles. The molecule has 3 aromatic rings. The molecule has 154 valence electrons. The van der Waals surface area contributed by atoms with Gasteiger partial charge in [0.15, 0.2) is 11.5 Å². The Kier molecular flexibility index (Phi) is 5.03. The van der Waals surface area contributed by atoms with Gasteiger partial charge in [-0.3, -0.25) is 14.6 Å². The van der Waals surface area contributed by atoms with Crippen LogP contribution in [-0.2, 0) is 9.59 Å². The third-order valence-electron chi connectivity index (χ3n) is 5.41. The number of nitrogens with zero attached hydrogens (tertiary/aromatic N) is 1. The Morgan fingerprint density at radius 2 is 1.63 bits per heavy atom. The lowest BCUT2D eigenvalue weighted by Crippen LogP contribution is -2.29. The topological polar surface area (TPSA) is 86.8 Å². The summed E-state index contributed by atoms with van der Waals surface area (Å²) in [5.74, 6) is 2.06. The molecule has 0 spiro atoms. The van der Waals surface area contributed by atoms with E-state index in [1.807, 2.05) is 6.07 Å². The van der Waals surface area contributed by atoms with E-state index < -0.39 is 5.41 Å². The smallest absolute Gasteiger partial charge is 0.238 e. The van der Waals surface area contributed by atoms with Crippen molar-refractivity contribution in [3.63, 3.8) is 0 Å². The maximum absolute atomic E-state index is 12.4. The van der Waals surface area contributed by atoms with Crippen molar-refractivity contribution in [2.24, 2.45) is 5.41 Å². The average Bonchev–Trinajstić information content (AvgIpc) is 3.57. The number of carbonyl (C=O) groups is 2. The van der Waals surface area contributed by atoms with E-state index in [9.17, 15) is 9.59 Å². The number of hydrogen-bond acceptors (Lipinski definition) is 6. The first-order valence-corrected chi connectivity index (χ1v) is 9.58. The summed E-state index contributed by atoms with van der Waals surface area (Å²) in [7, 11) is 3.15. The van der Waals surface area contributed by atoms with Crippen LogP contribution in [0.15, 0.2) is 48.7 Å². The predicted molar refractivity (Wildman–Crippen MR) is 112 cm³/mol. The molecule has 7 nitrogen and oxygen atoms in total. The number of ketones is 1. The lowest BCUT2D eigenvalue weighted by molar-refractivity contribution is -0.131. The minimum atomic E-state index is -0.842. The van der Waals surface area contributed by atoms with E-state index in [0.717, 1.165) is 5.39 Å². The Labute approximate surface area is 174 Å². The number of anilines is 1. The zero-order valence-electron chi connectivity index (χ0n) is 17.0. The highest BCUT2D eigenvalue weighted by molar-refractivity contribution is 6.13. The van der Waals surface area contributed by atoms with E-state index in [0.29, 0.717) is 47.0 Å². The minimum absolute atomic E-state index is 0.0865. The summed E-state index contributed by atoms with van der Waals surface area (Å²) in [6.45, 7) is 1.47. The van der Waals surface area contributed by atoms with Gasteiger partial charge in [-0.1, -0.05) is 0 Å². The van der Waals surface area contributed by atoms with Crippen LogP contribution in [0.2, 0.25) is 0 Å². The molecular formula is C23H22N2O5. The average molecular weight is 406 g/mol. The Hall–Kier alpha value is -3.61. The number of rotatable bonds is 7. The van der Waals surface area contributed by atoms with Crippen molar-refractivity contribution in [3.8, 4) is 23.0 Å². The minimum Gasteiger partial charge on any atom is -0.493 e. The summed E-state index contributed by atoms with van der Waals surface area (Å²) in [4.78, 5) is 28.5. The lowest BCUT2D eigenvalue weighted by atomic mass is 10.0. The number of aromatic nitrogens is 1. The zero-order chi connectivity index (χ0) is 21.3. The molecule has 4 rings (SSSR count). The van der Waals surface area contributed by atoms with E-state index in [1.54, 1.807) is 56.8 Å². The molecule has 0 unspecified atom stereocenters. The number of hydrogen-bond donors (Lipinski definition) is 1. The lowest BCUT2D eigenvalue weighted by Gasteiger charge is -2.14. The van der Waals surface area contributed by atoms with E-state index >= 15 is 0 Å². The largest absolute Gasteiger partial charge is 0.493 e. The zero-order valence-corrected chi connectivity index (χ0v) is 17.0. The number of fused-ring (bicyclic) bond motifs is 1. The maximum Gasteiger partial charge on any atom is 0.238 e. The van der Waals surface area contributed by atoms with Crippen molar-refractivity contribution in [2.45, 2.75) is 19.8 Å². The normalized spacial score (nSPS) is 14.1. The van der Waals surface area contributed by atoms with Crippen molar-refractivity contribution < 1.29 is 23.8 Å². The van der Waals surface area contributed by atoms with Crippen molar-refractivity contribution in [1.82, 2.24) is 4.98 Å². The molecule has 1 saturated carbocycles. The highest BCUT2D eigenvalue weighted by atomic mass is 16.5. The van der Waals surface area contributed by atoms with Crippen LogP contribution >= 0.6 is 0 Å². The van der Waals surface area contributed by atoms with Gasteiger partial charge in [-0.2, -0.15) is 0 Å². The summed E-state index contributed by atoms with van der Waals surface area (Å²) < 4.78 is 16.7. The summed E-state index contributed by atoms with van der Waals surface area (Å²) in [5, 5.41) is 3.60. The first-order valence-electron chi connectivity index (χ1n) is 9.58. The molecule has 0 saturated heterocycles. The second-order valence-electron chi connectivity index (χ2n) is 7.25. The van der Waals surface area contributed by atoms with E-state index in [1.165, 1.54) is 6.92 Å². The van der Waals surface area contributed by atoms with Gasteiger partial charge >= 0.3 is 0 Å². The van der Waals surface area contributed by atoms with Crippen LogP contribution in [-0.4, -0.2) is 30.9 Å². The fourth-order valence-electron chi connectivity index (χ4n) is 3.38. The number of benzene rings is 2. The first kappa shape index (κ1) is 19.7. The second kappa shape index (κ2) is 7.67. The van der Waals surface area contributed by atoms with Crippen LogP contribution in [0, 0.1) is 5.41 Å². The van der Waals surface area contributed by atoms with Gasteiger partial charge in [0.25, 0.3) is 0 Å². The molecule has 1 aliphatic carbocycles. The highest BCUT2D eigenvalue weighted by Gasteiger charge is 2.54. The molecule has 0 aliphatic heterocycles. The van der Waals surface area contributed by atoms with Crippen LogP contribution in [0.1, 0.15) is 19.8 Å². The molecule has 0 atom stereocenters. The first-order chi connectivity index (χ1) is 14.5. The fraction of sp³-hybridized carbons (Fsp3) is 0.261. The van der Waals surface area contributed by atoms with Crippen molar-refractivity contribution in [1.29, 1.82) is 0 Å². The summed E-state index contributed by atoms with van der Waals surface area (Å²) in [5.41, 5.74) is 0.490. The van der Waals surface area contributed by atoms with Gasteiger partial charge in [-0.25, -0.2) is 0 Å². The molecule has 7 heteroatoms. The van der Waals surface area contributed by atoms with Gasteiger partial charge in [0.05, 0.1) is 19.7 Å². The monoisotopic (exact) mass is 406 g/mol. The molecule has 1 N–H and O–H groups in total. The Morgan fingerprint density at radius 1 is 0.967 bits per heavy atom. The number of amides is 1. The summed E-state index contributed by atoms with van der Waals surface area (Å²) in [6, 6.07) is 12.4. The SMILES string of the molecule is COc1cc2nccc(Oc3ccc(NC(=O)C4(C(C)=O)CC4)cc3)c2cc1OC. The highest BCUT2D eigenvalue weighted by Crippen LogP contribution is 2.47. The van der Waals surface area contributed by atoms with Gasteiger partial charge in [-0.05, 0) is 56.2 Å². The number of methoxy groups -OCH3 is 2. The standard InChI is InChI=1S/C23H22N2O5/c1-14(26)23(9-10-23)22(27)25-15-4-6-16(7-5-15)30-19-8-11-24-18-13-21(29-3)20(28-2)12-17(18)19/h4-8,11-13H,9-10H2,1-3H3,(H,25,27). The molecule has 1 amide bonds. The molecular weight excluding hydrogens is 384 g/mol. The van der Waals surface area contributed by atoms with Gasteiger partial charge in [0, 0.05) is 23.3 Å². The van der Waals surface area contributed by atoms with Crippen LogP contribution in [0.25, 0.3) is 10.9 Å². The van der Waals surface area contributed by atoms with Crippen molar-refractivity contribution >= 4 is 28.3 Å². The van der Waals surface area contributed by atoms with Gasteiger partial charge in [-0.15, -0.1) is 0 Å².